The van der Waals surface area contributed by atoms with Gasteiger partial charge in [0.25, 0.3) is 5.91 Å². The van der Waals surface area contributed by atoms with Gasteiger partial charge in [0.05, 0.1) is 12.7 Å². The number of hydrogen-bond acceptors (Lipinski definition) is 7. The fraction of sp³-hybridized carbons (Fsp3) is 0.294. The number of rotatable bonds is 5. The van der Waals surface area contributed by atoms with Gasteiger partial charge in [0, 0.05) is 10.9 Å². The molecule has 8 heteroatoms. The number of carbonyl (C=O) groups is 2. The molecule has 1 aliphatic rings. The van der Waals surface area contributed by atoms with E-state index in [-0.39, 0.29) is 19.3 Å². The van der Waals surface area contributed by atoms with Crippen LogP contribution in [0, 0.1) is 13.8 Å². The number of amides is 1. The molecule has 2 heterocycles. The minimum absolute atomic E-state index is 0.173. The van der Waals surface area contributed by atoms with Gasteiger partial charge in [-0.05, 0) is 31.5 Å². The summed E-state index contributed by atoms with van der Waals surface area (Å²) in [5.41, 5.74) is 1.17. The molecule has 25 heavy (non-hydrogen) atoms. The molecule has 0 bridgehead atoms. The van der Waals surface area contributed by atoms with Crippen LogP contribution in [-0.2, 0) is 9.53 Å². The average Bonchev–Trinajstić information content (AvgIpc) is 3.17. The molecule has 7 nitrogen and oxygen atoms in total. The summed E-state index contributed by atoms with van der Waals surface area (Å²) >= 11 is 1.33. The van der Waals surface area contributed by atoms with Crippen molar-refractivity contribution in [1.29, 1.82) is 0 Å². The van der Waals surface area contributed by atoms with Gasteiger partial charge in [-0.2, -0.15) is 0 Å². The molecule has 0 atom stereocenters. The lowest BCUT2D eigenvalue weighted by Gasteiger charge is -2.08. The fourth-order valence-corrected chi connectivity index (χ4v) is 3.41. The molecule has 0 saturated carbocycles. The van der Waals surface area contributed by atoms with Crippen LogP contribution < -0.4 is 19.5 Å². The number of thiophene rings is 1. The molecule has 0 fully saturated rings. The molecule has 132 valence electrons. The van der Waals surface area contributed by atoms with E-state index in [0.717, 1.165) is 10.4 Å². The number of fused-ring (bicyclic) bond motifs is 1. The van der Waals surface area contributed by atoms with Crippen LogP contribution in [0.25, 0.3) is 0 Å². The number of benzene rings is 1. The van der Waals surface area contributed by atoms with Crippen molar-refractivity contribution in [2.75, 3.05) is 25.8 Å². The molecule has 1 aromatic carbocycles. The standard InChI is InChI=1S/C17H17NO6S/c1-9-10(2)25-16(15(9)17(20)21-3)18-14(19)7-22-11-4-5-12-13(6-11)24-8-23-12/h4-6H,7-8H2,1-3H3,(H,18,19). The van der Waals surface area contributed by atoms with E-state index < -0.39 is 5.97 Å². The van der Waals surface area contributed by atoms with Crippen LogP contribution in [0.3, 0.4) is 0 Å². The van der Waals surface area contributed by atoms with Crippen molar-refractivity contribution in [3.8, 4) is 17.2 Å². The van der Waals surface area contributed by atoms with Gasteiger partial charge >= 0.3 is 5.97 Å². The molecule has 1 amide bonds. The van der Waals surface area contributed by atoms with E-state index in [1.165, 1.54) is 18.4 Å². The van der Waals surface area contributed by atoms with Gasteiger partial charge in [0.1, 0.15) is 10.8 Å². The first-order valence-corrected chi connectivity index (χ1v) is 8.32. The van der Waals surface area contributed by atoms with Crippen molar-refractivity contribution >= 4 is 28.2 Å². The van der Waals surface area contributed by atoms with Crippen LogP contribution in [0.4, 0.5) is 5.00 Å². The zero-order valence-electron chi connectivity index (χ0n) is 14.0. The third-order valence-corrected chi connectivity index (χ3v) is 4.86. The topological polar surface area (TPSA) is 83.1 Å². The first-order valence-electron chi connectivity index (χ1n) is 7.50. The molecule has 1 aliphatic heterocycles. The number of esters is 1. The smallest absolute Gasteiger partial charge is 0.341 e. The summed E-state index contributed by atoms with van der Waals surface area (Å²) in [5.74, 6) is 0.864. The third-order valence-electron chi connectivity index (χ3n) is 3.74. The largest absolute Gasteiger partial charge is 0.484 e. The van der Waals surface area contributed by atoms with E-state index >= 15 is 0 Å². The van der Waals surface area contributed by atoms with Crippen molar-refractivity contribution in [2.45, 2.75) is 13.8 Å². The summed E-state index contributed by atoms with van der Waals surface area (Å²) in [7, 11) is 1.31. The van der Waals surface area contributed by atoms with E-state index in [4.69, 9.17) is 18.9 Å². The van der Waals surface area contributed by atoms with Crippen LogP contribution in [0.15, 0.2) is 18.2 Å². The molecule has 0 aliphatic carbocycles. The van der Waals surface area contributed by atoms with Gasteiger partial charge in [0.2, 0.25) is 6.79 Å². The summed E-state index contributed by atoms with van der Waals surface area (Å²) in [6, 6.07) is 5.08. The van der Waals surface area contributed by atoms with Crippen LogP contribution >= 0.6 is 11.3 Å². The number of methoxy groups -OCH3 is 1. The number of ether oxygens (including phenoxy) is 4. The van der Waals surface area contributed by atoms with Gasteiger partial charge in [-0.25, -0.2) is 4.79 Å². The zero-order chi connectivity index (χ0) is 18.0. The number of anilines is 1. The zero-order valence-corrected chi connectivity index (χ0v) is 14.8. The molecule has 1 N–H and O–H groups in total. The predicted molar refractivity (Wildman–Crippen MR) is 91.8 cm³/mol. The summed E-state index contributed by atoms with van der Waals surface area (Å²) in [6.45, 7) is 3.67. The SMILES string of the molecule is COC(=O)c1c(NC(=O)COc2ccc3c(c2)OCO3)sc(C)c1C. The van der Waals surface area contributed by atoms with Gasteiger partial charge in [-0.15, -0.1) is 11.3 Å². The minimum Gasteiger partial charge on any atom is -0.484 e. The Bertz CT molecular complexity index is 829. The monoisotopic (exact) mass is 363 g/mol. The minimum atomic E-state index is -0.478. The Morgan fingerprint density at radius 2 is 2.00 bits per heavy atom. The molecule has 0 saturated heterocycles. The molecule has 0 unspecified atom stereocenters. The summed E-state index contributed by atoms with van der Waals surface area (Å²) < 4.78 is 20.7. The van der Waals surface area contributed by atoms with Crippen molar-refractivity contribution in [2.24, 2.45) is 0 Å². The maximum Gasteiger partial charge on any atom is 0.341 e. The summed E-state index contributed by atoms with van der Waals surface area (Å²) in [4.78, 5) is 25.0. The second kappa shape index (κ2) is 7.02. The van der Waals surface area contributed by atoms with Gasteiger partial charge in [0.15, 0.2) is 18.1 Å². The van der Waals surface area contributed by atoms with Crippen molar-refractivity contribution in [1.82, 2.24) is 0 Å². The van der Waals surface area contributed by atoms with E-state index in [1.807, 2.05) is 13.8 Å². The summed E-state index contributed by atoms with van der Waals surface area (Å²) in [6.07, 6.45) is 0. The third kappa shape index (κ3) is 3.53. The second-order valence-corrected chi connectivity index (χ2v) is 6.56. The Morgan fingerprint density at radius 1 is 1.24 bits per heavy atom. The highest BCUT2D eigenvalue weighted by Crippen LogP contribution is 2.35. The van der Waals surface area contributed by atoms with E-state index in [0.29, 0.717) is 27.8 Å². The Balaban J connectivity index is 1.65. The Hall–Kier alpha value is -2.74. The lowest BCUT2D eigenvalue weighted by atomic mass is 10.1. The average molecular weight is 363 g/mol. The molecular weight excluding hydrogens is 346 g/mol. The van der Waals surface area contributed by atoms with Gasteiger partial charge < -0.3 is 24.3 Å². The predicted octanol–water partition coefficient (Wildman–Crippen LogP) is 2.90. The summed E-state index contributed by atoms with van der Waals surface area (Å²) in [5, 5.41) is 3.17. The highest BCUT2D eigenvalue weighted by Gasteiger charge is 2.22. The number of carbonyl (C=O) groups excluding carboxylic acids is 2. The number of nitrogens with one attached hydrogen (secondary N) is 1. The lowest BCUT2D eigenvalue weighted by molar-refractivity contribution is -0.118. The molecular formula is C17H17NO6S. The highest BCUT2D eigenvalue weighted by atomic mass is 32.1. The first-order chi connectivity index (χ1) is 12.0. The molecule has 1 aromatic heterocycles. The Kier molecular flexibility index (Phi) is 4.80. The van der Waals surface area contributed by atoms with E-state index in [1.54, 1.807) is 18.2 Å². The Morgan fingerprint density at radius 3 is 2.76 bits per heavy atom. The van der Waals surface area contributed by atoms with Crippen LogP contribution in [0.2, 0.25) is 0 Å². The quantitative estimate of drug-likeness (QED) is 0.823. The normalized spacial score (nSPS) is 12.0. The van der Waals surface area contributed by atoms with Crippen molar-refractivity contribution < 1.29 is 28.5 Å². The second-order valence-electron chi connectivity index (χ2n) is 5.33. The molecule has 3 rings (SSSR count). The Labute approximate surface area is 148 Å². The number of aryl methyl sites for hydroxylation is 1. The lowest BCUT2D eigenvalue weighted by Crippen LogP contribution is -2.21. The first kappa shape index (κ1) is 17.1. The molecule has 0 spiro atoms. The number of hydrogen-bond donors (Lipinski definition) is 1. The molecule has 2 aromatic rings. The van der Waals surface area contributed by atoms with Crippen LogP contribution in [0.1, 0.15) is 20.8 Å². The highest BCUT2D eigenvalue weighted by molar-refractivity contribution is 7.16. The fourth-order valence-electron chi connectivity index (χ4n) is 2.34. The van der Waals surface area contributed by atoms with Gasteiger partial charge in [-0.1, -0.05) is 0 Å². The van der Waals surface area contributed by atoms with Crippen molar-refractivity contribution in [3.05, 3.63) is 34.2 Å². The van der Waals surface area contributed by atoms with Gasteiger partial charge in [-0.3, -0.25) is 4.79 Å². The van der Waals surface area contributed by atoms with E-state index in [2.05, 4.69) is 5.32 Å². The molecule has 0 radical (unpaired) electrons. The van der Waals surface area contributed by atoms with Crippen molar-refractivity contribution in [3.63, 3.8) is 0 Å². The van der Waals surface area contributed by atoms with Crippen LogP contribution in [0.5, 0.6) is 17.2 Å². The maximum atomic E-state index is 12.2. The maximum absolute atomic E-state index is 12.2. The van der Waals surface area contributed by atoms with Crippen LogP contribution in [-0.4, -0.2) is 32.4 Å². The van der Waals surface area contributed by atoms with E-state index in [9.17, 15) is 9.59 Å².